The molecule has 23 heavy (non-hydrogen) atoms. The molecule has 9 nitrogen and oxygen atoms in total. The molecule has 1 N–H and O–H groups in total. The summed E-state index contributed by atoms with van der Waals surface area (Å²) < 4.78 is 4.05. The van der Waals surface area contributed by atoms with E-state index >= 15 is 0 Å². The molecule has 0 fully saturated rings. The van der Waals surface area contributed by atoms with Gasteiger partial charge < -0.3 is 5.32 Å². The normalized spacial score (nSPS) is 16.7. The van der Waals surface area contributed by atoms with Crippen molar-refractivity contribution in [3.63, 3.8) is 0 Å². The van der Waals surface area contributed by atoms with Crippen LogP contribution >= 0.6 is 0 Å². The van der Waals surface area contributed by atoms with E-state index in [4.69, 9.17) is 0 Å². The Morgan fingerprint density at radius 2 is 2.04 bits per heavy atom. The van der Waals surface area contributed by atoms with Gasteiger partial charge in [0.05, 0.1) is 6.54 Å². The highest BCUT2D eigenvalue weighted by Gasteiger charge is 2.24. The van der Waals surface area contributed by atoms with Crippen molar-refractivity contribution in [3.05, 3.63) is 38.1 Å². The number of rotatable bonds is 2. The highest BCUT2D eigenvalue weighted by molar-refractivity contribution is 5.51. The summed E-state index contributed by atoms with van der Waals surface area (Å²) in [4.78, 5) is 28.5. The van der Waals surface area contributed by atoms with E-state index < -0.39 is 11.2 Å². The number of aromatic nitrogens is 5. The second kappa shape index (κ2) is 5.39. The first kappa shape index (κ1) is 15.0. The summed E-state index contributed by atoms with van der Waals surface area (Å²) in [5, 5.41) is 16.8. The molecule has 0 unspecified atom stereocenters. The molecule has 1 aliphatic heterocycles. The van der Waals surface area contributed by atoms with E-state index in [-0.39, 0.29) is 17.4 Å². The predicted octanol–water partition coefficient (Wildman–Crippen LogP) is -0.717. The Morgan fingerprint density at radius 1 is 1.30 bits per heavy atom. The second-order valence-corrected chi connectivity index (χ2v) is 5.68. The maximum atomic E-state index is 12.1. The number of aryl methyl sites for hydroxylation is 2. The maximum Gasteiger partial charge on any atom is 0.332 e. The number of nitrogens with one attached hydrogen (secondary N) is 1. The summed E-state index contributed by atoms with van der Waals surface area (Å²) in [5.41, 5.74) is -1.12. The van der Waals surface area contributed by atoms with Gasteiger partial charge in [0.25, 0.3) is 5.56 Å². The molecule has 2 aromatic heterocycles. The molecule has 120 valence electrons. The van der Waals surface area contributed by atoms with Crippen LogP contribution in [0, 0.1) is 18.3 Å². The minimum absolute atomic E-state index is 0.0339. The molecule has 0 bridgehead atoms. The van der Waals surface area contributed by atoms with Crippen LogP contribution < -0.4 is 16.6 Å². The fourth-order valence-electron chi connectivity index (χ4n) is 2.86. The van der Waals surface area contributed by atoms with Crippen LogP contribution in [0.25, 0.3) is 0 Å². The van der Waals surface area contributed by atoms with Crippen molar-refractivity contribution < 1.29 is 0 Å². The Kier molecular flexibility index (Phi) is 3.52. The van der Waals surface area contributed by atoms with Gasteiger partial charge in [0.15, 0.2) is 5.56 Å². The van der Waals surface area contributed by atoms with E-state index in [0.717, 1.165) is 29.1 Å². The summed E-state index contributed by atoms with van der Waals surface area (Å²) in [6.45, 7) is 2.41. The molecule has 0 radical (unpaired) electrons. The van der Waals surface area contributed by atoms with E-state index in [0.29, 0.717) is 6.54 Å². The Balaban J connectivity index is 1.97. The Hall–Kier alpha value is -2.89. The van der Waals surface area contributed by atoms with Crippen molar-refractivity contribution in [2.45, 2.75) is 32.4 Å². The van der Waals surface area contributed by atoms with Crippen molar-refractivity contribution in [3.8, 4) is 6.07 Å². The number of nitrogens with zero attached hydrogens (tertiary/aromatic N) is 6. The molecule has 1 atom stereocenters. The topological polar surface area (TPSA) is 111 Å². The molecule has 3 heterocycles. The van der Waals surface area contributed by atoms with Gasteiger partial charge in [0.1, 0.15) is 23.5 Å². The highest BCUT2D eigenvalue weighted by atomic mass is 16.2. The summed E-state index contributed by atoms with van der Waals surface area (Å²) >= 11 is 0. The van der Waals surface area contributed by atoms with Crippen LogP contribution in [-0.4, -0.2) is 29.9 Å². The highest BCUT2D eigenvalue weighted by Crippen LogP contribution is 2.18. The summed E-state index contributed by atoms with van der Waals surface area (Å²) in [7, 11) is 2.90. The molecule has 0 aromatic carbocycles. The maximum absolute atomic E-state index is 12.1. The molecule has 0 aliphatic carbocycles. The minimum Gasteiger partial charge on any atom is -0.365 e. The van der Waals surface area contributed by atoms with E-state index in [2.05, 4.69) is 15.4 Å². The average molecular weight is 315 g/mol. The Labute approximate surface area is 131 Å². The zero-order valence-electron chi connectivity index (χ0n) is 13.2. The molecule has 2 aromatic rings. The first-order chi connectivity index (χ1) is 10.9. The van der Waals surface area contributed by atoms with Gasteiger partial charge >= 0.3 is 5.69 Å². The van der Waals surface area contributed by atoms with Gasteiger partial charge in [0, 0.05) is 26.6 Å². The molecule has 0 saturated carbocycles. The number of fused-ring (bicyclic) bond motifs is 1. The first-order valence-corrected chi connectivity index (χ1v) is 7.29. The van der Waals surface area contributed by atoms with Crippen molar-refractivity contribution in [1.82, 2.24) is 23.9 Å². The average Bonchev–Trinajstić information content (AvgIpc) is 2.90. The largest absolute Gasteiger partial charge is 0.365 e. The predicted molar refractivity (Wildman–Crippen MR) is 82.1 cm³/mol. The van der Waals surface area contributed by atoms with Crippen LogP contribution in [0.15, 0.2) is 9.59 Å². The molecule has 1 aliphatic rings. The smallest absolute Gasteiger partial charge is 0.332 e. The van der Waals surface area contributed by atoms with Gasteiger partial charge in [-0.25, -0.2) is 14.5 Å². The number of anilines is 1. The number of hydrogen-bond donors (Lipinski definition) is 1. The molecule has 0 saturated heterocycles. The van der Waals surface area contributed by atoms with Crippen molar-refractivity contribution in [1.29, 1.82) is 5.26 Å². The Bertz CT molecular complexity index is 928. The first-order valence-electron chi connectivity index (χ1n) is 7.29. The zero-order chi connectivity index (χ0) is 16.7. The summed E-state index contributed by atoms with van der Waals surface area (Å²) in [5.74, 6) is 1.91. The molecular weight excluding hydrogens is 298 g/mol. The monoisotopic (exact) mass is 315 g/mol. The van der Waals surface area contributed by atoms with E-state index in [9.17, 15) is 14.9 Å². The Morgan fingerprint density at radius 3 is 2.74 bits per heavy atom. The van der Waals surface area contributed by atoms with Crippen LogP contribution in [0.1, 0.15) is 23.6 Å². The van der Waals surface area contributed by atoms with Crippen molar-refractivity contribution >= 4 is 5.82 Å². The third-order valence-electron chi connectivity index (χ3n) is 4.08. The fourth-order valence-corrected chi connectivity index (χ4v) is 2.86. The van der Waals surface area contributed by atoms with E-state index in [1.807, 2.05) is 17.7 Å². The van der Waals surface area contributed by atoms with Crippen LogP contribution in [0.4, 0.5) is 5.82 Å². The molecular formula is C14H17N7O2. The van der Waals surface area contributed by atoms with Gasteiger partial charge in [-0.1, -0.05) is 0 Å². The van der Waals surface area contributed by atoms with Gasteiger partial charge in [-0.05, 0) is 13.3 Å². The number of hydrogen-bond acceptors (Lipinski definition) is 6. The standard InChI is InChI=1S/C14H17N7O2/c1-8-16-11-5-4-9(7-21(11)18-8)17-12-10(6-15)13(22)20(3)14(23)19(12)2/h9,17H,4-5,7H2,1-3H3/t9-/m0/s1. The molecule has 3 rings (SSSR count). The fraction of sp³-hybridized carbons (Fsp3) is 0.500. The summed E-state index contributed by atoms with van der Waals surface area (Å²) in [6, 6.07) is 1.86. The van der Waals surface area contributed by atoms with Crippen molar-refractivity contribution in [2.75, 3.05) is 5.32 Å². The van der Waals surface area contributed by atoms with E-state index in [1.54, 1.807) is 7.05 Å². The minimum atomic E-state index is -0.591. The molecule has 0 amide bonds. The molecule has 9 heteroatoms. The summed E-state index contributed by atoms with van der Waals surface area (Å²) in [6.07, 6.45) is 1.53. The lowest BCUT2D eigenvalue weighted by Gasteiger charge is -2.25. The number of nitriles is 1. The van der Waals surface area contributed by atoms with Crippen LogP contribution in [0.5, 0.6) is 0 Å². The lowest BCUT2D eigenvalue weighted by molar-refractivity contribution is 0.438. The third-order valence-corrected chi connectivity index (χ3v) is 4.08. The van der Waals surface area contributed by atoms with Gasteiger partial charge in [-0.2, -0.15) is 10.4 Å². The van der Waals surface area contributed by atoms with E-state index in [1.165, 1.54) is 11.6 Å². The van der Waals surface area contributed by atoms with Crippen LogP contribution in [0.2, 0.25) is 0 Å². The van der Waals surface area contributed by atoms with Crippen LogP contribution in [0.3, 0.4) is 0 Å². The van der Waals surface area contributed by atoms with Crippen LogP contribution in [-0.2, 0) is 27.1 Å². The lowest BCUT2D eigenvalue weighted by atomic mass is 10.1. The van der Waals surface area contributed by atoms with Gasteiger partial charge in [-0.3, -0.25) is 13.9 Å². The zero-order valence-corrected chi connectivity index (χ0v) is 13.2. The molecule has 0 spiro atoms. The van der Waals surface area contributed by atoms with Gasteiger partial charge in [0.2, 0.25) is 0 Å². The quantitative estimate of drug-likeness (QED) is 0.783. The third kappa shape index (κ3) is 2.42. The lowest BCUT2D eigenvalue weighted by Crippen LogP contribution is -2.42. The van der Waals surface area contributed by atoms with Gasteiger partial charge in [-0.15, -0.1) is 0 Å². The van der Waals surface area contributed by atoms with Crippen molar-refractivity contribution in [2.24, 2.45) is 14.1 Å². The second-order valence-electron chi connectivity index (χ2n) is 5.68. The SMILES string of the molecule is Cc1nc2n(n1)C[C@@H](Nc1c(C#N)c(=O)n(C)c(=O)n1C)CC2.